The van der Waals surface area contributed by atoms with E-state index < -0.39 is 0 Å². The molecule has 0 aliphatic carbocycles. The Balaban J connectivity index is 2.05. The summed E-state index contributed by atoms with van der Waals surface area (Å²) in [5.41, 5.74) is 1.56. The van der Waals surface area contributed by atoms with Gasteiger partial charge in [-0.3, -0.25) is 0 Å². The maximum Gasteiger partial charge on any atom is 0.139 e. The third-order valence-electron chi connectivity index (χ3n) is 2.83. The van der Waals surface area contributed by atoms with Gasteiger partial charge in [0.15, 0.2) is 0 Å². The fraction of sp³-hybridized carbons (Fsp3) is 0.250. The molecule has 0 heterocycles. The van der Waals surface area contributed by atoms with Gasteiger partial charge in [0.1, 0.15) is 18.1 Å². The summed E-state index contributed by atoms with van der Waals surface area (Å²) in [4.78, 5) is 2.06. The van der Waals surface area contributed by atoms with Crippen molar-refractivity contribution in [2.45, 2.75) is 0 Å². The van der Waals surface area contributed by atoms with Crippen LogP contribution in [0.3, 0.4) is 0 Å². The molecule has 0 aliphatic heterocycles. The van der Waals surface area contributed by atoms with E-state index in [9.17, 15) is 5.11 Å². The van der Waals surface area contributed by atoms with Crippen LogP contribution in [0.2, 0.25) is 0 Å². The quantitative estimate of drug-likeness (QED) is 0.793. The van der Waals surface area contributed by atoms with Crippen LogP contribution < -0.4 is 10.1 Å². The van der Waals surface area contributed by atoms with E-state index >= 15 is 0 Å². The van der Waals surface area contributed by atoms with Gasteiger partial charge in [0.05, 0.1) is 5.69 Å². The molecule has 0 saturated heterocycles. The summed E-state index contributed by atoms with van der Waals surface area (Å²) in [6.45, 7) is 1.46. The molecule has 0 radical (unpaired) electrons. The van der Waals surface area contributed by atoms with Crippen molar-refractivity contribution >= 4 is 11.4 Å². The lowest BCUT2D eigenvalue weighted by Crippen LogP contribution is -2.19. The van der Waals surface area contributed by atoms with E-state index in [2.05, 4.69) is 10.2 Å². The third kappa shape index (κ3) is 4.17. The van der Waals surface area contributed by atoms with Gasteiger partial charge in [-0.15, -0.1) is 0 Å². The number of rotatable bonds is 6. The molecule has 0 spiro atoms. The predicted molar refractivity (Wildman–Crippen MR) is 81.9 cm³/mol. The fourth-order valence-corrected chi connectivity index (χ4v) is 1.73. The van der Waals surface area contributed by atoms with Crippen LogP contribution in [0.15, 0.2) is 48.5 Å². The number of ether oxygens (including phenoxy) is 1. The van der Waals surface area contributed by atoms with E-state index in [4.69, 9.17) is 4.74 Å². The number of benzene rings is 2. The molecule has 0 aromatic heterocycles. The van der Waals surface area contributed by atoms with E-state index in [0.29, 0.717) is 12.3 Å². The molecule has 2 N–H and O–H groups in total. The highest BCUT2D eigenvalue weighted by Gasteiger charge is 2.04. The molecular formula is C16H20N2O2. The van der Waals surface area contributed by atoms with Gasteiger partial charge in [0, 0.05) is 18.3 Å². The summed E-state index contributed by atoms with van der Waals surface area (Å²) in [5.74, 6) is 0.942. The molecule has 0 atom stereocenters. The molecule has 106 valence electrons. The van der Waals surface area contributed by atoms with Crippen molar-refractivity contribution in [3.8, 4) is 11.5 Å². The molecule has 2 rings (SSSR count). The summed E-state index contributed by atoms with van der Waals surface area (Å²) >= 11 is 0. The molecule has 0 fully saturated rings. The van der Waals surface area contributed by atoms with Crippen molar-refractivity contribution in [3.63, 3.8) is 0 Å². The van der Waals surface area contributed by atoms with Crippen molar-refractivity contribution in [1.29, 1.82) is 0 Å². The molecule has 4 nitrogen and oxygen atoms in total. The van der Waals surface area contributed by atoms with Gasteiger partial charge >= 0.3 is 0 Å². The first-order valence-electron chi connectivity index (χ1n) is 6.58. The Hall–Kier alpha value is -2.20. The number of phenols is 1. The number of hydrogen-bond donors (Lipinski definition) is 2. The first-order chi connectivity index (χ1) is 9.65. The maximum absolute atomic E-state index is 9.88. The van der Waals surface area contributed by atoms with E-state index in [1.54, 1.807) is 18.2 Å². The van der Waals surface area contributed by atoms with E-state index in [-0.39, 0.29) is 5.75 Å². The monoisotopic (exact) mass is 272 g/mol. The lowest BCUT2D eigenvalue weighted by Gasteiger charge is -2.13. The van der Waals surface area contributed by atoms with Crippen LogP contribution in [-0.4, -0.2) is 37.3 Å². The van der Waals surface area contributed by atoms with Gasteiger partial charge in [0.2, 0.25) is 0 Å². The zero-order valence-electron chi connectivity index (χ0n) is 11.8. The normalized spacial score (nSPS) is 10.6. The Morgan fingerprint density at radius 3 is 2.55 bits per heavy atom. The molecule has 0 aliphatic rings. The number of likely N-dealkylation sites (N-methyl/N-ethyl adjacent to an activating group) is 1. The molecule has 4 heteroatoms. The third-order valence-corrected chi connectivity index (χ3v) is 2.83. The van der Waals surface area contributed by atoms with Crippen molar-refractivity contribution in [3.05, 3.63) is 48.5 Å². The summed E-state index contributed by atoms with van der Waals surface area (Å²) in [5, 5.41) is 13.1. The molecular weight excluding hydrogens is 252 g/mol. The number of anilines is 2. The van der Waals surface area contributed by atoms with E-state index in [1.165, 1.54) is 0 Å². The average molecular weight is 272 g/mol. The zero-order chi connectivity index (χ0) is 14.4. The van der Waals surface area contributed by atoms with Gasteiger partial charge < -0.3 is 20.1 Å². The molecule has 20 heavy (non-hydrogen) atoms. The number of hydrogen-bond acceptors (Lipinski definition) is 4. The smallest absolute Gasteiger partial charge is 0.139 e. The minimum atomic E-state index is 0.203. The highest BCUT2D eigenvalue weighted by molar-refractivity contribution is 5.67. The molecule has 2 aromatic rings. The lowest BCUT2D eigenvalue weighted by atomic mass is 10.2. The van der Waals surface area contributed by atoms with Crippen LogP contribution in [0, 0.1) is 0 Å². The van der Waals surface area contributed by atoms with E-state index in [1.807, 2.05) is 44.4 Å². The van der Waals surface area contributed by atoms with Crippen LogP contribution in [0.4, 0.5) is 11.4 Å². The standard InChI is InChI=1S/C16H20N2O2/c1-18(2)10-11-20-14-8-9-16(19)15(12-14)17-13-6-4-3-5-7-13/h3-9,12,17,19H,10-11H2,1-2H3. The van der Waals surface area contributed by atoms with Crippen LogP contribution >= 0.6 is 0 Å². The van der Waals surface area contributed by atoms with Gasteiger partial charge in [0.25, 0.3) is 0 Å². The first-order valence-corrected chi connectivity index (χ1v) is 6.58. The van der Waals surface area contributed by atoms with Crippen molar-refractivity contribution in [2.75, 3.05) is 32.6 Å². The molecule has 0 unspecified atom stereocenters. The van der Waals surface area contributed by atoms with E-state index in [0.717, 1.165) is 18.0 Å². The van der Waals surface area contributed by atoms with Crippen LogP contribution in [-0.2, 0) is 0 Å². The second-order valence-corrected chi connectivity index (χ2v) is 4.82. The van der Waals surface area contributed by atoms with Crippen LogP contribution in [0.5, 0.6) is 11.5 Å². The Kier molecular flexibility index (Phi) is 4.85. The first kappa shape index (κ1) is 14.2. The topological polar surface area (TPSA) is 44.7 Å². The average Bonchev–Trinajstić information content (AvgIpc) is 2.43. The molecule has 0 saturated carbocycles. The molecule has 0 bridgehead atoms. The highest BCUT2D eigenvalue weighted by atomic mass is 16.5. The van der Waals surface area contributed by atoms with Gasteiger partial charge in [-0.1, -0.05) is 18.2 Å². The summed E-state index contributed by atoms with van der Waals surface area (Å²) in [6.07, 6.45) is 0. The lowest BCUT2D eigenvalue weighted by molar-refractivity contribution is 0.261. The van der Waals surface area contributed by atoms with Gasteiger partial charge in [-0.2, -0.15) is 0 Å². The van der Waals surface area contributed by atoms with Crippen molar-refractivity contribution in [1.82, 2.24) is 4.90 Å². The summed E-state index contributed by atoms with van der Waals surface area (Å²) in [7, 11) is 4.01. The Labute approximate surface area is 119 Å². The van der Waals surface area contributed by atoms with Crippen molar-refractivity contribution < 1.29 is 9.84 Å². The Bertz CT molecular complexity index is 541. The van der Waals surface area contributed by atoms with Crippen molar-refractivity contribution in [2.24, 2.45) is 0 Å². The Morgan fingerprint density at radius 2 is 1.85 bits per heavy atom. The van der Waals surface area contributed by atoms with Crippen LogP contribution in [0.1, 0.15) is 0 Å². The zero-order valence-corrected chi connectivity index (χ0v) is 11.8. The summed E-state index contributed by atoms with van der Waals surface area (Å²) < 4.78 is 5.66. The number of phenolic OH excluding ortho intramolecular Hbond substituents is 1. The second-order valence-electron chi connectivity index (χ2n) is 4.82. The number of nitrogens with one attached hydrogen (secondary N) is 1. The SMILES string of the molecule is CN(C)CCOc1ccc(O)c(Nc2ccccc2)c1. The minimum absolute atomic E-state index is 0.203. The largest absolute Gasteiger partial charge is 0.506 e. The van der Waals surface area contributed by atoms with Gasteiger partial charge in [-0.25, -0.2) is 0 Å². The van der Waals surface area contributed by atoms with Gasteiger partial charge in [-0.05, 0) is 38.4 Å². The predicted octanol–water partition coefficient (Wildman–Crippen LogP) is 3.08. The second kappa shape index (κ2) is 6.82. The molecule has 2 aromatic carbocycles. The molecule has 0 amide bonds. The number of aromatic hydroxyl groups is 1. The number of para-hydroxylation sites is 1. The minimum Gasteiger partial charge on any atom is -0.506 e. The highest BCUT2D eigenvalue weighted by Crippen LogP contribution is 2.30. The Morgan fingerprint density at radius 1 is 1.10 bits per heavy atom. The fourth-order valence-electron chi connectivity index (χ4n) is 1.73. The number of nitrogens with zero attached hydrogens (tertiary/aromatic N) is 1. The maximum atomic E-state index is 9.88. The van der Waals surface area contributed by atoms with Crippen LogP contribution in [0.25, 0.3) is 0 Å². The summed E-state index contributed by atoms with van der Waals surface area (Å²) in [6, 6.07) is 14.9.